The predicted molar refractivity (Wildman–Crippen MR) is 271 cm³/mol. The fourth-order valence-corrected chi connectivity index (χ4v) is 9.01. The van der Waals surface area contributed by atoms with Crippen LogP contribution < -0.4 is 0 Å². The highest BCUT2D eigenvalue weighted by molar-refractivity contribution is 5.72. The Hall–Kier alpha value is -1.18. The van der Waals surface area contributed by atoms with Crippen LogP contribution in [0.15, 0.2) is 0 Å². The minimum atomic E-state index is 0.0560. The molecule has 0 aliphatic heterocycles. The van der Waals surface area contributed by atoms with Gasteiger partial charge in [0.2, 0.25) is 0 Å². The van der Waals surface area contributed by atoms with Crippen molar-refractivity contribution in [3.63, 3.8) is 0 Å². The molecule has 0 aliphatic rings. The maximum atomic E-state index is 13.2. The second kappa shape index (κ2) is 51.8. The lowest BCUT2D eigenvalue weighted by Crippen LogP contribution is -2.30. The van der Waals surface area contributed by atoms with E-state index in [-0.39, 0.29) is 30.4 Å². The zero-order valence-electron chi connectivity index (χ0n) is 43.0. The summed E-state index contributed by atoms with van der Waals surface area (Å²) in [6.45, 7) is 14.2. The summed E-state index contributed by atoms with van der Waals surface area (Å²) in [6, 6.07) is 0. The average molecular weight is 895 g/mol. The Morgan fingerprint density at radius 1 is 0.349 bits per heavy atom. The molecule has 376 valence electrons. The van der Waals surface area contributed by atoms with E-state index in [2.05, 4.69) is 32.6 Å². The summed E-state index contributed by atoms with van der Waals surface area (Å²) in [7, 11) is 0. The van der Waals surface area contributed by atoms with Crippen molar-refractivity contribution in [3.05, 3.63) is 0 Å². The molecule has 7 nitrogen and oxygen atoms in total. The number of rotatable bonds is 53. The van der Waals surface area contributed by atoms with Gasteiger partial charge in [0.25, 0.3) is 0 Å². The smallest absolute Gasteiger partial charge is 0.308 e. The SMILES string of the molecule is CCCCCCCCCCC(CCCCCCCC)C(=O)OCCCCCCN(CCCCCCOC(=O)C(CCCCCCCC)CCCCCCCCCC)CCOCCO. The number of ether oxygens (including phenoxy) is 3. The molecule has 0 fully saturated rings. The minimum absolute atomic E-state index is 0.0560. The van der Waals surface area contributed by atoms with E-state index < -0.39 is 0 Å². The van der Waals surface area contributed by atoms with Crippen molar-refractivity contribution in [3.8, 4) is 0 Å². The van der Waals surface area contributed by atoms with Gasteiger partial charge in [-0.05, 0) is 64.5 Å². The van der Waals surface area contributed by atoms with Crippen LogP contribution in [0.3, 0.4) is 0 Å². The number of hydrogen-bond donors (Lipinski definition) is 1. The quantitative estimate of drug-likeness (QED) is 0.0481. The molecule has 0 aromatic rings. The van der Waals surface area contributed by atoms with E-state index in [4.69, 9.17) is 14.2 Å². The maximum absolute atomic E-state index is 13.2. The van der Waals surface area contributed by atoms with Crippen molar-refractivity contribution >= 4 is 11.9 Å². The molecular weight excluding hydrogens is 783 g/mol. The number of aliphatic hydroxyl groups is 1. The Bertz CT molecular complexity index is 850. The van der Waals surface area contributed by atoms with Crippen LogP contribution in [-0.2, 0) is 23.8 Å². The summed E-state index contributed by atoms with van der Waals surface area (Å²) in [5.41, 5.74) is 0. The molecule has 0 saturated carbocycles. The highest BCUT2D eigenvalue weighted by Crippen LogP contribution is 2.23. The highest BCUT2D eigenvalue weighted by atomic mass is 16.5. The number of unbranched alkanes of at least 4 members (excludes halogenated alkanes) is 30. The van der Waals surface area contributed by atoms with Gasteiger partial charge in [0, 0.05) is 6.54 Å². The summed E-state index contributed by atoms with van der Waals surface area (Å²) in [6.07, 6.45) is 48.5. The van der Waals surface area contributed by atoms with Crippen LogP contribution in [0.5, 0.6) is 0 Å². The molecule has 2 unspecified atom stereocenters. The third-order valence-electron chi connectivity index (χ3n) is 13.3. The summed E-state index contributed by atoms with van der Waals surface area (Å²) < 4.78 is 17.4. The standard InChI is InChI=1S/C56H111NO6/c1-5-9-13-17-21-23-27-35-43-53(41-33-25-19-15-11-7-3)55(59)62-49-39-31-29-37-45-57(47-51-61-52-48-58)46-38-30-32-40-50-63-56(60)54(42-34-26-20-16-12-8-4)44-36-28-24-22-18-14-10-6-2/h53-54,58H,5-52H2,1-4H3. The lowest BCUT2D eigenvalue weighted by atomic mass is 9.94. The van der Waals surface area contributed by atoms with Gasteiger partial charge < -0.3 is 24.2 Å². The zero-order chi connectivity index (χ0) is 45.9. The van der Waals surface area contributed by atoms with Crippen molar-refractivity contribution in [1.82, 2.24) is 4.90 Å². The van der Waals surface area contributed by atoms with Crippen LogP contribution in [0.1, 0.15) is 285 Å². The molecule has 63 heavy (non-hydrogen) atoms. The number of carbonyl (C=O) groups is 2. The molecule has 2 atom stereocenters. The summed E-state index contributed by atoms with van der Waals surface area (Å²) in [5, 5.41) is 9.17. The normalized spacial score (nSPS) is 12.6. The summed E-state index contributed by atoms with van der Waals surface area (Å²) in [4.78, 5) is 28.9. The Morgan fingerprint density at radius 3 is 0.952 bits per heavy atom. The third-order valence-corrected chi connectivity index (χ3v) is 13.3. The van der Waals surface area contributed by atoms with E-state index in [1.165, 1.54) is 154 Å². The van der Waals surface area contributed by atoms with Gasteiger partial charge in [-0.2, -0.15) is 0 Å². The van der Waals surface area contributed by atoms with Crippen molar-refractivity contribution in [2.24, 2.45) is 11.8 Å². The van der Waals surface area contributed by atoms with Gasteiger partial charge >= 0.3 is 11.9 Å². The fraction of sp³-hybridized carbons (Fsp3) is 0.964. The van der Waals surface area contributed by atoms with Crippen molar-refractivity contribution < 1.29 is 28.9 Å². The Kier molecular flexibility index (Phi) is 50.8. The van der Waals surface area contributed by atoms with E-state index in [0.29, 0.717) is 26.4 Å². The summed E-state index contributed by atoms with van der Waals surface area (Å²) in [5.74, 6) is 0.268. The van der Waals surface area contributed by atoms with Crippen LogP contribution in [0.25, 0.3) is 0 Å². The van der Waals surface area contributed by atoms with Gasteiger partial charge in [-0.3, -0.25) is 9.59 Å². The Balaban J connectivity index is 4.55. The van der Waals surface area contributed by atoms with Crippen LogP contribution >= 0.6 is 0 Å². The predicted octanol–water partition coefficient (Wildman–Crippen LogP) is 16.3. The Morgan fingerprint density at radius 2 is 0.635 bits per heavy atom. The molecule has 0 spiro atoms. The monoisotopic (exact) mass is 894 g/mol. The molecule has 1 N–H and O–H groups in total. The second-order valence-electron chi connectivity index (χ2n) is 19.4. The van der Waals surface area contributed by atoms with Crippen LogP contribution in [-0.4, -0.2) is 74.6 Å². The second-order valence-corrected chi connectivity index (χ2v) is 19.4. The van der Waals surface area contributed by atoms with Crippen molar-refractivity contribution in [2.45, 2.75) is 285 Å². The number of esters is 2. The van der Waals surface area contributed by atoms with E-state index in [1.54, 1.807) is 0 Å². The first-order valence-corrected chi connectivity index (χ1v) is 28.3. The number of hydrogen-bond acceptors (Lipinski definition) is 7. The lowest BCUT2D eigenvalue weighted by molar-refractivity contribution is -0.150. The van der Waals surface area contributed by atoms with Gasteiger partial charge in [-0.15, -0.1) is 0 Å². The maximum Gasteiger partial charge on any atom is 0.308 e. The molecule has 0 aliphatic carbocycles. The van der Waals surface area contributed by atoms with E-state index >= 15 is 0 Å². The minimum Gasteiger partial charge on any atom is -0.465 e. The first-order chi connectivity index (χ1) is 31.0. The largest absolute Gasteiger partial charge is 0.465 e. The highest BCUT2D eigenvalue weighted by Gasteiger charge is 2.20. The van der Waals surface area contributed by atoms with E-state index in [1.807, 2.05) is 0 Å². The number of nitrogens with zero attached hydrogens (tertiary/aromatic N) is 1. The van der Waals surface area contributed by atoms with E-state index in [0.717, 1.165) is 122 Å². The molecule has 0 saturated heterocycles. The van der Waals surface area contributed by atoms with Gasteiger partial charge in [0.05, 0.1) is 44.9 Å². The van der Waals surface area contributed by atoms with Crippen LogP contribution in [0, 0.1) is 11.8 Å². The van der Waals surface area contributed by atoms with Crippen molar-refractivity contribution in [2.75, 3.05) is 52.7 Å². The first kappa shape index (κ1) is 61.8. The lowest BCUT2D eigenvalue weighted by Gasteiger charge is -2.22. The third kappa shape index (κ3) is 44.4. The number of aliphatic hydroxyl groups excluding tert-OH is 1. The number of carbonyl (C=O) groups excluding carboxylic acids is 2. The van der Waals surface area contributed by atoms with Crippen LogP contribution in [0.2, 0.25) is 0 Å². The first-order valence-electron chi connectivity index (χ1n) is 28.3. The Labute approximate surface area is 393 Å². The van der Waals surface area contributed by atoms with Crippen LogP contribution in [0.4, 0.5) is 0 Å². The fourth-order valence-electron chi connectivity index (χ4n) is 9.01. The molecule has 0 heterocycles. The molecule has 0 radical (unpaired) electrons. The van der Waals surface area contributed by atoms with Gasteiger partial charge in [-0.25, -0.2) is 0 Å². The van der Waals surface area contributed by atoms with Gasteiger partial charge in [-0.1, -0.05) is 233 Å². The van der Waals surface area contributed by atoms with Crippen molar-refractivity contribution in [1.29, 1.82) is 0 Å². The molecule has 0 aromatic carbocycles. The molecule has 0 rings (SSSR count). The topological polar surface area (TPSA) is 85.3 Å². The van der Waals surface area contributed by atoms with Gasteiger partial charge in [0.15, 0.2) is 0 Å². The molecule has 0 amide bonds. The van der Waals surface area contributed by atoms with Gasteiger partial charge in [0.1, 0.15) is 0 Å². The summed E-state index contributed by atoms with van der Waals surface area (Å²) >= 11 is 0. The molecule has 0 bridgehead atoms. The average Bonchev–Trinajstić information content (AvgIpc) is 3.29. The molecule has 0 aromatic heterocycles. The van der Waals surface area contributed by atoms with E-state index in [9.17, 15) is 14.7 Å². The molecule has 7 heteroatoms. The molecular formula is C56H111NO6. The zero-order valence-corrected chi connectivity index (χ0v) is 43.0.